The average Bonchev–Trinajstić information content (AvgIpc) is 3.31. The van der Waals surface area contributed by atoms with Crippen LogP contribution in [0.25, 0.3) is 5.65 Å². The van der Waals surface area contributed by atoms with E-state index in [0.29, 0.717) is 35.9 Å². The molecule has 0 spiro atoms. The number of hydrogen-bond donors (Lipinski definition) is 0. The number of carbonyl (C=O) groups is 1. The quantitative estimate of drug-likeness (QED) is 0.708. The molecule has 0 aromatic carbocycles. The van der Waals surface area contributed by atoms with Crippen molar-refractivity contribution in [2.45, 2.75) is 25.5 Å². The molecule has 0 N–H and O–H groups in total. The van der Waals surface area contributed by atoms with Crippen molar-refractivity contribution < 1.29 is 14.1 Å². The fourth-order valence-electron chi connectivity index (χ4n) is 3.01. The van der Waals surface area contributed by atoms with Crippen LogP contribution in [0.1, 0.15) is 34.5 Å². The topological polar surface area (TPSA) is 98.7 Å². The first-order chi connectivity index (χ1) is 11.7. The molecule has 9 nitrogen and oxygen atoms in total. The van der Waals surface area contributed by atoms with Gasteiger partial charge in [-0.1, -0.05) is 5.16 Å². The van der Waals surface area contributed by atoms with Crippen LogP contribution in [0.4, 0.5) is 0 Å². The summed E-state index contributed by atoms with van der Waals surface area (Å²) in [6, 6.07) is 1.44. The fourth-order valence-corrected chi connectivity index (χ4v) is 3.01. The molecule has 2 unspecified atom stereocenters. The third kappa shape index (κ3) is 2.33. The molecule has 1 aliphatic rings. The zero-order valence-corrected chi connectivity index (χ0v) is 13.3. The molecule has 9 heteroatoms. The minimum atomic E-state index is -0.317. The van der Waals surface area contributed by atoms with Crippen LogP contribution < -0.4 is 0 Å². The summed E-state index contributed by atoms with van der Waals surface area (Å²) in [6.07, 6.45) is 5.44. The largest absolute Gasteiger partial charge is 0.380 e. The van der Waals surface area contributed by atoms with E-state index in [-0.39, 0.29) is 18.1 Å². The molecular weight excluding hydrogens is 312 g/mol. The smallest absolute Gasteiger partial charge is 0.260 e. The number of nitrogens with zero attached hydrogens (tertiary/aromatic N) is 6. The van der Waals surface area contributed by atoms with Crippen LogP contribution in [0.3, 0.4) is 0 Å². The van der Waals surface area contributed by atoms with Crippen molar-refractivity contribution in [2.75, 3.05) is 13.7 Å². The Kier molecular flexibility index (Phi) is 3.49. The molecule has 1 aliphatic heterocycles. The van der Waals surface area contributed by atoms with Crippen molar-refractivity contribution in [2.24, 2.45) is 0 Å². The number of rotatable bonds is 3. The van der Waals surface area contributed by atoms with Crippen molar-refractivity contribution in [1.82, 2.24) is 29.6 Å². The van der Waals surface area contributed by atoms with E-state index >= 15 is 0 Å². The second kappa shape index (κ2) is 5.68. The van der Waals surface area contributed by atoms with Crippen LogP contribution >= 0.6 is 0 Å². The van der Waals surface area contributed by atoms with E-state index < -0.39 is 0 Å². The second-order valence-corrected chi connectivity index (χ2v) is 5.69. The first-order valence-corrected chi connectivity index (χ1v) is 7.59. The van der Waals surface area contributed by atoms with Crippen molar-refractivity contribution in [3.8, 4) is 0 Å². The van der Waals surface area contributed by atoms with Gasteiger partial charge < -0.3 is 14.2 Å². The summed E-state index contributed by atoms with van der Waals surface area (Å²) in [6.45, 7) is 2.20. The van der Waals surface area contributed by atoms with Gasteiger partial charge in [0.25, 0.3) is 5.91 Å². The summed E-state index contributed by atoms with van der Waals surface area (Å²) in [5.74, 6) is 0.782. The summed E-state index contributed by atoms with van der Waals surface area (Å²) >= 11 is 0. The number of amides is 1. The van der Waals surface area contributed by atoms with Gasteiger partial charge in [0.1, 0.15) is 11.6 Å². The molecule has 4 rings (SSSR count). The minimum absolute atomic E-state index is 0.0825. The Balaban J connectivity index is 1.71. The molecule has 124 valence electrons. The van der Waals surface area contributed by atoms with Gasteiger partial charge in [-0.3, -0.25) is 4.79 Å². The van der Waals surface area contributed by atoms with Gasteiger partial charge in [0.05, 0.1) is 12.3 Å². The molecule has 0 bridgehead atoms. The van der Waals surface area contributed by atoms with Gasteiger partial charge in [-0.15, -0.1) is 0 Å². The van der Waals surface area contributed by atoms with Crippen molar-refractivity contribution in [3.05, 3.63) is 41.9 Å². The molecule has 1 saturated heterocycles. The SMILES string of the molecule is COC1CC(c2nc(C)no2)N(C(=O)c2cnn3cccnc23)C1. The number of methoxy groups -OCH3 is 1. The minimum Gasteiger partial charge on any atom is -0.380 e. The van der Waals surface area contributed by atoms with Gasteiger partial charge in [0, 0.05) is 32.5 Å². The van der Waals surface area contributed by atoms with Gasteiger partial charge in [-0.05, 0) is 13.0 Å². The summed E-state index contributed by atoms with van der Waals surface area (Å²) in [5, 5.41) is 8.00. The molecule has 1 amide bonds. The van der Waals surface area contributed by atoms with Crippen molar-refractivity contribution in [1.29, 1.82) is 0 Å². The number of aryl methyl sites for hydroxylation is 1. The number of fused-ring (bicyclic) bond motifs is 1. The van der Waals surface area contributed by atoms with Crippen LogP contribution in [0, 0.1) is 6.92 Å². The van der Waals surface area contributed by atoms with Crippen LogP contribution in [-0.4, -0.2) is 55.3 Å². The Morgan fingerprint density at radius 2 is 2.33 bits per heavy atom. The number of ether oxygens (including phenoxy) is 1. The van der Waals surface area contributed by atoms with Crippen molar-refractivity contribution in [3.63, 3.8) is 0 Å². The monoisotopic (exact) mass is 328 g/mol. The number of likely N-dealkylation sites (tertiary alicyclic amines) is 1. The third-order valence-corrected chi connectivity index (χ3v) is 4.19. The number of hydrogen-bond acceptors (Lipinski definition) is 7. The van der Waals surface area contributed by atoms with E-state index in [4.69, 9.17) is 9.26 Å². The number of aromatic nitrogens is 5. The highest BCUT2D eigenvalue weighted by Gasteiger charge is 2.40. The lowest BCUT2D eigenvalue weighted by Crippen LogP contribution is -2.32. The van der Waals surface area contributed by atoms with Crippen LogP contribution in [0.2, 0.25) is 0 Å². The van der Waals surface area contributed by atoms with E-state index in [0.717, 1.165) is 0 Å². The Morgan fingerprint density at radius 1 is 1.46 bits per heavy atom. The molecule has 2 atom stereocenters. The van der Waals surface area contributed by atoms with Crippen molar-refractivity contribution >= 4 is 11.6 Å². The highest BCUT2D eigenvalue weighted by Crippen LogP contribution is 2.34. The standard InChI is InChI=1S/C15H16N6O3/c1-9-18-14(24-19-9)12-6-10(23-2)8-20(12)15(22)11-7-17-21-5-3-4-16-13(11)21/h3-5,7,10,12H,6,8H2,1-2H3. The first kappa shape index (κ1) is 14.8. The van der Waals surface area contributed by atoms with E-state index in [9.17, 15) is 4.79 Å². The van der Waals surface area contributed by atoms with E-state index in [1.54, 1.807) is 41.9 Å². The lowest BCUT2D eigenvalue weighted by atomic mass is 10.2. The molecule has 0 aliphatic carbocycles. The lowest BCUT2D eigenvalue weighted by molar-refractivity contribution is 0.0672. The van der Waals surface area contributed by atoms with Gasteiger partial charge in [-0.25, -0.2) is 9.50 Å². The third-order valence-electron chi connectivity index (χ3n) is 4.19. The molecule has 4 heterocycles. The lowest BCUT2D eigenvalue weighted by Gasteiger charge is -2.20. The summed E-state index contributed by atoms with van der Waals surface area (Å²) in [5.41, 5.74) is 0.956. The molecule has 24 heavy (non-hydrogen) atoms. The molecule has 3 aromatic heterocycles. The van der Waals surface area contributed by atoms with Gasteiger partial charge in [-0.2, -0.15) is 10.1 Å². The highest BCUT2D eigenvalue weighted by atomic mass is 16.5. The molecule has 0 radical (unpaired) electrons. The van der Waals surface area contributed by atoms with Crippen LogP contribution in [0.15, 0.2) is 29.2 Å². The normalized spacial score (nSPS) is 20.8. The maximum Gasteiger partial charge on any atom is 0.260 e. The first-order valence-electron chi connectivity index (χ1n) is 7.59. The van der Waals surface area contributed by atoms with Gasteiger partial charge in [0.2, 0.25) is 5.89 Å². The summed E-state index contributed by atoms with van der Waals surface area (Å²) in [7, 11) is 1.63. The van der Waals surface area contributed by atoms with E-state index in [2.05, 4.69) is 20.2 Å². The van der Waals surface area contributed by atoms with Crippen LogP contribution in [-0.2, 0) is 4.74 Å². The molecule has 1 fully saturated rings. The summed E-state index contributed by atoms with van der Waals surface area (Å²) < 4.78 is 12.3. The Hall–Kier alpha value is -2.81. The summed E-state index contributed by atoms with van der Waals surface area (Å²) in [4.78, 5) is 23.3. The zero-order valence-electron chi connectivity index (χ0n) is 13.3. The second-order valence-electron chi connectivity index (χ2n) is 5.69. The van der Waals surface area contributed by atoms with E-state index in [1.165, 1.54) is 6.20 Å². The predicted octanol–water partition coefficient (Wildman–Crippen LogP) is 1.02. The molecule has 0 saturated carbocycles. The maximum atomic E-state index is 13.1. The molecular formula is C15H16N6O3. The zero-order chi connectivity index (χ0) is 16.7. The Morgan fingerprint density at radius 3 is 3.08 bits per heavy atom. The van der Waals surface area contributed by atoms with Crippen LogP contribution in [0.5, 0.6) is 0 Å². The molecule has 3 aromatic rings. The Labute approximate surface area is 137 Å². The number of carbonyl (C=O) groups excluding carboxylic acids is 1. The Bertz CT molecular complexity index is 888. The fraction of sp³-hybridized carbons (Fsp3) is 0.400. The maximum absolute atomic E-state index is 13.1. The van der Waals surface area contributed by atoms with Gasteiger partial charge >= 0.3 is 0 Å². The van der Waals surface area contributed by atoms with E-state index in [1.807, 2.05) is 0 Å². The van der Waals surface area contributed by atoms with Gasteiger partial charge in [0.15, 0.2) is 11.5 Å². The highest BCUT2D eigenvalue weighted by molar-refractivity contribution is 6.00. The predicted molar refractivity (Wildman–Crippen MR) is 81.2 cm³/mol. The average molecular weight is 328 g/mol.